The SMILES string of the molecule is COC(=O)NC1(c2ccccc2)CC(=O)C1. The molecule has 1 aromatic carbocycles. The van der Waals surface area contributed by atoms with Crippen molar-refractivity contribution in [2.75, 3.05) is 7.11 Å². The first-order valence-corrected chi connectivity index (χ1v) is 5.10. The van der Waals surface area contributed by atoms with Gasteiger partial charge < -0.3 is 10.1 Å². The largest absolute Gasteiger partial charge is 0.453 e. The van der Waals surface area contributed by atoms with Gasteiger partial charge in [0.1, 0.15) is 5.78 Å². The molecule has 0 atom stereocenters. The molecule has 0 bridgehead atoms. The Bertz CT molecular complexity index is 406. The lowest BCUT2D eigenvalue weighted by Gasteiger charge is -2.40. The number of ketones is 1. The zero-order chi connectivity index (χ0) is 11.6. The second-order valence-corrected chi connectivity index (χ2v) is 3.96. The summed E-state index contributed by atoms with van der Waals surface area (Å²) in [6.07, 6.45) is 0.175. The number of rotatable bonds is 2. The number of nitrogens with one attached hydrogen (secondary N) is 1. The number of alkyl carbamates (subject to hydrolysis) is 1. The van der Waals surface area contributed by atoms with E-state index in [2.05, 4.69) is 10.1 Å². The van der Waals surface area contributed by atoms with Crippen molar-refractivity contribution < 1.29 is 14.3 Å². The molecule has 4 nitrogen and oxygen atoms in total. The minimum atomic E-state index is -0.564. The Morgan fingerprint density at radius 2 is 1.94 bits per heavy atom. The number of amides is 1. The van der Waals surface area contributed by atoms with Crippen LogP contribution in [0.25, 0.3) is 0 Å². The molecule has 0 radical (unpaired) electrons. The molecule has 1 fully saturated rings. The van der Waals surface area contributed by atoms with Crippen LogP contribution in [0.4, 0.5) is 4.79 Å². The van der Waals surface area contributed by atoms with Gasteiger partial charge in [0.2, 0.25) is 0 Å². The molecule has 1 aliphatic rings. The normalized spacial score (nSPS) is 17.4. The molecular formula is C12H13NO3. The van der Waals surface area contributed by atoms with Crippen molar-refractivity contribution in [3.05, 3.63) is 35.9 Å². The second kappa shape index (κ2) is 3.96. The molecule has 0 spiro atoms. The van der Waals surface area contributed by atoms with Crippen molar-refractivity contribution in [2.24, 2.45) is 0 Å². The lowest BCUT2D eigenvalue weighted by Crippen LogP contribution is -2.55. The van der Waals surface area contributed by atoms with E-state index in [1.165, 1.54) is 7.11 Å². The van der Waals surface area contributed by atoms with E-state index in [-0.39, 0.29) is 5.78 Å². The van der Waals surface area contributed by atoms with Crippen molar-refractivity contribution >= 4 is 11.9 Å². The van der Waals surface area contributed by atoms with Crippen LogP contribution in [-0.2, 0) is 15.1 Å². The third-order valence-corrected chi connectivity index (χ3v) is 2.85. The number of methoxy groups -OCH3 is 1. The average molecular weight is 219 g/mol. The molecule has 1 aromatic rings. The van der Waals surface area contributed by atoms with Crippen LogP contribution in [-0.4, -0.2) is 19.0 Å². The highest BCUT2D eigenvalue weighted by molar-refractivity contribution is 5.90. The van der Waals surface area contributed by atoms with E-state index in [9.17, 15) is 9.59 Å². The van der Waals surface area contributed by atoms with Crippen molar-refractivity contribution in [2.45, 2.75) is 18.4 Å². The Hall–Kier alpha value is -1.84. The highest BCUT2D eigenvalue weighted by Gasteiger charge is 2.46. The van der Waals surface area contributed by atoms with Gasteiger partial charge in [0.25, 0.3) is 0 Å². The number of carbonyl (C=O) groups excluding carboxylic acids is 2. The first-order valence-electron chi connectivity index (χ1n) is 5.10. The summed E-state index contributed by atoms with van der Waals surface area (Å²) in [5, 5.41) is 2.74. The first-order chi connectivity index (χ1) is 7.66. The van der Waals surface area contributed by atoms with E-state index in [0.717, 1.165) is 5.56 Å². The summed E-state index contributed by atoms with van der Waals surface area (Å²) < 4.78 is 4.58. The maximum absolute atomic E-state index is 11.3. The molecule has 0 saturated heterocycles. The number of ether oxygens (including phenoxy) is 1. The lowest BCUT2D eigenvalue weighted by molar-refractivity contribution is -0.129. The second-order valence-electron chi connectivity index (χ2n) is 3.96. The minimum absolute atomic E-state index is 0.153. The standard InChI is InChI=1S/C12H13NO3/c1-16-11(15)13-12(7-10(14)8-12)9-5-3-2-4-6-9/h2-6H,7-8H2,1H3,(H,13,15). The van der Waals surface area contributed by atoms with Crippen LogP contribution >= 0.6 is 0 Å². The lowest BCUT2D eigenvalue weighted by atomic mass is 9.71. The van der Waals surface area contributed by atoms with Crippen molar-refractivity contribution in [1.29, 1.82) is 0 Å². The van der Waals surface area contributed by atoms with Crippen molar-refractivity contribution in [1.82, 2.24) is 5.32 Å². The quantitative estimate of drug-likeness (QED) is 0.822. The molecule has 16 heavy (non-hydrogen) atoms. The van der Waals surface area contributed by atoms with E-state index >= 15 is 0 Å². The van der Waals surface area contributed by atoms with Gasteiger partial charge in [-0.2, -0.15) is 0 Å². The van der Waals surface area contributed by atoms with Crippen LogP contribution in [0.5, 0.6) is 0 Å². The molecule has 0 aromatic heterocycles. The van der Waals surface area contributed by atoms with E-state index in [1.807, 2.05) is 30.3 Å². The van der Waals surface area contributed by atoms with Gasteiger partial charge in [-0.15, -0.1) is 0 Å². The smallest absolute Gasteiger partial charge is 0.407 e. The predicted molar refractivity (Wildman–Crippen MR) is 57.9 cm³/mol. The molecule has 0 heterocycles. The maximum Gasteiger partial charge on any atom is 0.407 e. The number of benzene rings is 1. The van der Waals surface area contributed by atoms with Gasteiger partial charge in [0.15, 0.2) is 0 Å². The number of Topliss-reactive ketones (excluding diaryl/α,β-unsaturated/α-hetero) is 1. The van der Waals surface area contributed by atoms with Crippen LogP contribution in [0.3, 0.4) is 0 Å². The summed E-state index contributed by atoms with van der Waals surface area (Å²) >= 11 is 0. The number of hydrogen-bond donors (Lipinski definition) is 1. The van der Waals surface area contributed by atoms with Crippen LogP contribution in [0.1, 0.15) is 18.4 Å². The van der Waals surface area contributed by atoms with Gasteiger partial charge in [-0.3, -0.25) is 4.79 Å². The molecule has 1 saturated carbocycles. The summed E-state index contributed by atoms with van der Waals surface area (Å²) in [7, 11) is 1.31. The summed E-state index contributed by atoms with van der Waals surface area (Å²) in [5.74, 6) is 0.153. The zero-order valence-corrected chi connectivity index (χ0v) is 9.03. The van der Waals surface area contributed by atoms with Crippen LogP contribution in [0, 0.1) is 0 Å². The fourth-order valence-corrected chi connectivity index (χ4v) is 1.99. The first kappa shape index (κ1) is 10.7. The van der Waals surface area contributed by atoms with E-state index in [0.29, 0.717) is 12.8 Å². The third kappa shape index (κ3) is 1.78. The van der Waals surface area contributed by atoms with E-state index < -0.39 is 11.6 Å². The van der Waals surface area contributed by atoms with Crippen molar-refractivity contribution in [3.8, 4) is 0 Å². The Kier molecular flexibility index (Phi) is 2.64. The van der Waals surface area contributed by atoms with Crippen molar-refractivity contribution in [3.63, 3.8) is 0 Å². The molecule has 84 valence electrons. The van der Waals surface area contributed by atoms with Gasteiger partial charge in [-0.1, -0.05) is 30.3 Å². The van der Waals surface area contributed by atoms with Crippen LogP contribution < -0.4 is 5.32 Å². The summed E-state index contributed by atoms with van der Waals surface area (Å²) in [6.45, 7) is 0. The van der Waals surface area contributed by atoms with E-state index in [1.54, 1.807) is 0 Å². The summed E-state index contributed by atoms with van der Waals surface area (Å²) in [6, 6.07) is 9.48. The topological polar surface area (TPSA) is 55.4 Å². The maximum atomic E-state index is 11.3. The number of hydrogen-bond acceptors (Lipinski definition) is 3. The summed E-state index contributed by atoms with van der Waals surface area (Å²) in [5.41, 5.74) is 0.380. The van der Waals surface area contributed by atoms with Gasteiger partial charge in [0, 0.05) is 12.8 Å². The molecule has 2 rings (SSSR count). The Morgan fingerprint density at radius 1 is 1.31 bits per heavy atom. The van der Waals surface area contributed by atoms with Gasteiger partial charge in [-0.05, 0) is 5.56 Å². The Labute approximate surface area is 93.6 Å². The Morgan fingerprint density at radius 3 is 2.44 bits per heavy atom. The monoisotopic (exact) mass is 219 g/mol. The van der Waals surface area contributed by atoms with Gasteiger partial charge in [0.05, 0.1) is 12.6 Å². The Balaban J connectivity index is 2.24. The van der Waals surface area contributed by atoms with Crippen LogP contribution in [0.15, 0.2) is 30.3 Å². The molecule has 0 unspecified atom stereocenters. The zero-order valence-electron chi connectivity index (χ0n) is 9.03. The fraction of sp³-hybridized carbons (Fsp3) is 0.333. The molecule has 1 aliphatic carbocycles. The highest BCUT2D eigenvalue weighted by atomic mass is 16.5. The minimum Gasteiger partial charge on any atom is -0.453 e. The highest BCUT2D eigenvalue weighted by Crippen LogP contribution is 2.38. The van der Waals surface area contributed by atoms with E-state index in [4.69, 9.17) is 0 Å². The predicted octanol–water partition coefficient (Wildman–Crippen LogP) is 1.60. The summed E-state index contributed by atoms with van der Waals surface area (Å²) in [4.78, 5) is 22.4. The molecule has 1 N–H and O–H groups in total. The molecular weight excluding hydrogens is 206 g/mol. The molecule has 1 amide bonds. The molecule has 4 heteroatoms. The van der Waals surface area contributed by atoms with Crippen LogP contribution in [0.2, 0.25) is 0 Å². The van der Waals surface area contributed by atoms with Gasteiger partial charge >= 0.3 is 6.09 Å². The average Bonchev–Trinajstić information content (AvgIpc) is 2.27. The molecule has 0 aliphatic heterocycles. The van der Waals surface area contributed by atoms with Gasteiger partial charge in [-0.25, -0.2) is 4.79 Å². The fourth-order valence-electron chi connectivity index (χ4n) is 1.99. The third-order valence-electron chi connectivity index (χ3n) is 2.85. The number of carbonyl (C=O) groups is 2.